The maximum Gasteiger partial charge on any atom is 0.178 e. The Morgan fingerprint density at radius 1 is 1.33 bits per heavy atom. The van der Waals surface area contributed by atoms with Crippen molar-refractivity contribution in [3.8, 4) is 5.75 Å². The fraction of sp³-hybridized carbons (Fsp3) is 0.100. The van der Waals surface area contributed by atoms with E-state index < -0.39 is 0 Å². The summed E-state index contributed by atoms with van der Waals surface area (Å²) in [5.41, 5.74) is 0.604. The summed E-state index contributed by atoms with van der Waals surface area (Å²) in [6.07, 6.45) is 2.25. The summed E-state index contributed by atoms with van der Waals surface area (Å²) >= 11 is 0. The SMILES string of the molecule is C=CCc1ccc(=O)ccc1O. The molecule has 0 bridgehead atoms. The molecule has 0 unspecified atom stereocenters. The Balaban J connectivity index is 3.22. The average Bonchev–Trinajstić information content (AvgIpc) is 2.20. The van der Waals surface area contributed by atoms with Gasteiger partial charge in [-0.2, -0.15) is 0 Å². The summed E-state index contributed by atoms with van der Waals surface area (Å²) in [7, 11) is 0. The lowest BCUT2D eigenvalue weighted by atomic mass is 10.2. The highest BCUT2D eigenvalue weighted by Gasteiger charge is 1.94. The summed E-state index contributed by atoms with van der Waals surface area (Å²) in [5, 5.41) is 9.34. The van der Waals surface area contributed by atoms with Crippen LogP contribution >= 0.6 is 0 Å². The smallest absolute Gasteiger partial charge is 0.178 e. The Morgan fingerprint density at radius 2 is 2.00 bits per heavy atom. The van der Waals surface area contributed by atoms with Crippen molar-refractivity contribution in [2.24, 2.45) is 0 Å². The van der Waals surface area contributed by atoms with E-state index >= 15 is 0 Å². The molecule has 0 aliphatic heterocycles. The maximum atomic E-state index is 10.8. The predicted octanol–water partition coefficient (Wildman–Crippen LogP) is 1.48. The fourth-order valence-electron chi connectivity index (χ4n) is 0.920. The van der Waals surface area contributed by atoms with E-state index in [4.69, 9.17) is 0 Å². The first-order chi connectivity index (χ1) is 5.74. The molecule has 0 amide bonds. The Labute approximate surface area is 70.8 Å². The van der Waals surface area contributed by atoms with Crippen LogP contribution in [0.2, 0.25) is 0 Å². The van der Waals surface area contributed by atoms with Gasteiger partial charge < -0.3 is 5.11 Å². The van der Waals surface area contributed by atoms with Crippen LogP contribution in [0.1, 0.15) is 5.56 Å². The number of rotatable bonds is 2. The van der Waals surface area contributed by atoms with Gasteiger partial charge >= 0.3 is 0 Å². The van der Waals surface area contributed by atoms with E-state index in [1.807, 2.05) is 0 Å². The van der Waals surface area contributed by atoms with Crippen LogP contribution in [0.3, 0.4) is 0 Å². The molecule has 0 aliphatic carbocycles. The molecule has 2 heteroatoms. The van der Waals surface area contributed by atoms with Crippen molar-refractivity contribution < 1.29 is 5.11 Å². The molecule has 12 heavy (non-hydrogen) atoms. The molecule has 1 aromatic rings. The summed E-state index contributed by atoms with van der Waals surface area (Å²) in [6.45, 7) is 3.55. The molecule has 0 atom stereocenters. The molecule has 1 rings (SSSR count). The monoisotopic (exact) mass is 162 g/mol. The highest BCUT2D eigenvalue weighted by molar-refractivity contribution is 5.31. The van der Waals surface area contributed by atoms with Crippen molar-refractivity contribution in [1.29, 1.82) is 0 Å². The van der Waals surface area contributed by atoms with Gasteiger partial charge in [-0.25, -0.2) is 0 Å². The second kappa shape index (κ2) is 3.72. The third-order valence-electron chi connectivity index (χ3n) is 1.55. The Morgan fingerprint density at radius 3 is 2.67 bits per heavy atom. The van der Waals surface area contributed by atoms with Gasteiger partial charge in [0.1, 0.15) is 5.75 Å². The topological polar surface area (TPSA) is 37.3 Å². The first-order valence-corrected chi connectivity index (χ1v) is 3.67. The summed E-state index contributed by atoms with van der Waals surface area (Å²) < 4.78 is 0. The zero-order valence-electron chi connectivity index (χ0n) is 6.66. The standard InChI is InChI=1S/C10H10O2/c1-2-3-8-4-5-9(11)6-7-10(8)12/h2,4-7,12H,1,3H2. The van der Waals surface area contributed by atoms with Crippen LogP contribution in [0.4, 0.5) is 0 Å². The van der Waals surface area contributed by atoms with Crippen LogP contribution in [0.5, 0.6) is 5.75 Å². The van der Waals surface area contributed by atoms with Crippen LogP contribution in [-0.4, -0.2) is 5.11 Å². The second-order valence-corrected chi connectivity index (χ2v) is 2.47. The van der Waals surface area contributed by atoms with Crippen LogP contribution in [0, 0.1) is 0 Å². The molecule has 0 spiro atoms. The first-order valence-electron chi connectivity index (χ1n) is 3.67. The zero-order chi connectivity index (χ0) is 8.97. The Kier molecular flexibility index (Phi) is 2.64. The molecule has 1 N–H and O–H groups in total. The minimum Gasteiger partial charge on any atom is -0.508 e. The highest BCUT2D eigenvalue weighted by Crippen LogP contribution is 2.13. The molecule has 62 valence electrons. The van der Waals surface area contributed by atoms with Crippen molar-refractivity contribution in [3.63, 3.8) is 0 Å². The summed E-state index contributed by atoms with van der Waals surface area (Å²) in [5.74, 6) is 0.136. The lowest BCUT2D eigenvalue weighted by molar-refractivity contribution is 0.470. The van der Waals surface area contributed by atoms with Crippen molar-refractivity contribution in [2.75, 3.05) is 0 Å². The summed E-state index contributed by atoms with van der Waals surface area (Å²) in [4.78, 5) is 10.8. The molecular formula is C10H10O2. The van der Waals surface area contributed by atoms with Gasteiger partial charge in [-0.1, -0.05) is 12.1 Å². The Bertz CT molecular complexity index is 342. The number of hydrogen-bond donors (Lipinski definition) is 1. The molecular weight excluding hydrogens is 152 g/mol. The third kappa shape index (κ3) is 1.95. The van der Waals surface area contributed by atoms with Crippen LogP contribution in [0.25, 0.3) is 0 Å². The van der Waals surface area contributed by atoms with E-state index in [0.717, 1.165) is 0 Å². The van der Waals surface area contributed by atoms with Gasteiger partial charge in [0.25, 0.3) is 0 Å². The maximum absolute atomic E-state index is 10.8. The van der Waals surface area contributed by atoms with Gasteiger partial charge in [-0.15, -0.1) is 6.58 Å². The van der Waals surface area contributed by atoms with Crippen molar-refractivity contribution >= 4 is 0 Å². The van der Waals surface area contributed by atoms with E-state index in [1.165, 1.54) is 18.2 Å². The number of hydrogen-bond acceptors (Lipinski definition) is 2. The van der Waals surface area contributed by atoms with E-state index in [1.54, 1.807) is 12.1 Å². The largest absolute Gasteiger partial charge is 0.508 e. The molecule has 0 heterocycles. The lowest BCUT2D eigenvalue weighted by Crippen LogP contribution is -1.87. The Hall–Kier alpha value is -1.57. The molecule has 0 radical (unpaired) electrons. The predicted molar refractivity (Wildman–Crippen MR) is 48.3 cm³/mol. The lowest BCUT2D eigenvalue weighted by Gasteiger charge is -1.93. The van der Waals surface area contributed by atoms with Crippen molar-refractivity contribution in [3.05, 3.63) is 52.7 Å². The zero-order valence-corrected chi connectivity index (χ0v) is 6.66. The van der Waals surface area contributed by atoms with Gasteiger partial charge in [-0.3, -0.25) is 4.79 Å². The normalized spacial score (nSPS) is 9.33. The molecule has 0 saturated carbocycles. The first kappa shape index (κ1) is 8.53. The number of allylic oxidation sites excluding steroid dienone is 1. The van der Waals surface area contributed by atoms with Crippen LogP contribution in [0.15, 0.2) is 41.7 Å². The van der Waals surface area contributed by atoms with Gasteiger partial charge in [0.15, 0.2) is 5.43 Å². The van der Waals surface area contributed by atoms with Gasteiger partial charge in [0, 0.05) is 0 Å². The summed E-state index contributed by atoms with van der Waals surface area (Å²) in [6, 6.07) is 5.78. The van der Waals surface area contributed by atoms with Crippen molar-refractivity contribution in [1.82, 2.24) is 0 Å². The quantitative estimate of drug-likeness (QED) is 0.669. The molecule has 0 fully saturated rings. The molecule has 2 nitrogen and oxygen atoms in total. The van der Waals surface area contributed by atoms with Crippen LogP contribution < -0.4 is 5.43 Å². The van der Waals surface area contributed by atoms with Crippen LogP contribution in [-0.2, 0) is 6.42 Å². The third-order valence-corrected chi connectivity index (χ3v) is 1.55. The van der Waals surface area contributed by atoms with Gasteiger partial charge in [-0.05, 0) is 30.2 Å². The fourth-order valence-corrected chi connectivity index (χ4v) is 0.920. The minimum atomic E-state index is -0.111. The van der Waals surface area contributed by atoms with E-state index in [-0.39, 0.29) is 11.2 Å². The highest BCUT2D eigenvalue weighted by atomic mass is 16.3. The van der Waals surface area contributed by atoms with Crippen molar-refractivity contribution in [2.45, 2.75) is 6.42 Å². The van der Waals surface area contributed by atoms with E-state index in [2.05, 4.69) is 6.58 Å². The molecule has 0 saturated heterocycles. The minimum absolute atomic E-state index is 0.111. The van der Waals surface area contributed by atoms with Gasteiger partial charge in [0.2, 0.25) is 0 Å². The van der Waals surface area contributed by atoms with E-state index in [0.29, 0.717) is 12.0 Å². The average molecular weight is 162 g/mol. The van der Waals surface area contributed by atoms with Gasteiger partial charge in [0.05, 0.1) is 0 Å². The molecule has 0 aromatic heterocycles. The van der Waals surface area contributed by atoms with E-state index in [9.17, 15) is 9.90 Å². The molecule has 0 aliphatic rings. The second-order valence-electron chi connectivity index (χ2n) is 2.47. The molecule has 1 aromatic carbocycles. The number of aromatic hydroxyl groups is 1.